The molecule has 2 N–H and O–H groups in total. The highest BCUT2D eigenvalue weighted by Crippen LogP contribution is 2.34. The average Bonchev–Trinajstić information content (AvgIpc) is 2.80. The highest BCUT2D eigenvalue weighted by atomic mass is 79.9. The van der Waals surface area contributed by atoms with Crippen molar-refractivity contribution in [1.29, 1.82) is 0 Å². The van der Waals surface area contributed by atoms with Gasteiger partial charge < -0.3 is 10.4 Å². The summed E-state index contributed by atoms with van der Waals surface area (Å²) in [4.78, 5) is 0.965. The third-order valence-corrected chi connectivity index (χ3v) is 5.03. The van der Waals surface area contributed by atoms with Crippen LogP contribution in [0.15, 0.2) is 43.1 Å². The Labute approximate surface area is 135 Å². The van der Waals surface area contributed by atoms with E-state index in [0.29, 0.717) is 6.54 Å². The van der Waals surface area contributed by atoms with E-state index in [1.165, 1.54) is 0 Å². The van der Waals surface area contributed by atoms with Crippen LogP contribution in [0.5, 0.6) is 0 Å². The van der Waals surface area contributed by atoms with Crippen LogP contribution in [0.1, 0.15) is 11.0 Å². The fraction of sp³-hybridized carbons (Fsp3) is 0.167. The molecule has 0 bridgehead atoms. The Balaban J connectivity index is 2.07. The second-order valence-electron chi connectivity index (χ2n) is 3.66. The molecule has 1 unspecified atom stereocenters. The molecule has 0 amide bonds. The summed E-state index contributed by atoms with van der Waals surface area (Å²) >= 11 is 12.0. The van der Waals surface area contributed by atoms with Gasteiger partial charge in [0, 0.05) is 24.8 Å². The monoisotopic (exact) mass is 453 g/mol. The molecule has 2 nitrogen and oxygen atoms in total. The topological polar surface area (TPSA) is 32.3 Å². The lowest BCUT2D eigenvalue weighted by Crippen LogP contribution is -2.11. The highest BCUT2D eigenvalue weighted by Gasteiger charge is 2.11. The zero-order valence-electron chi connectivity index (χ0n) is 9.16. The summed E-state index contributed by atoms with van der Waals surface area (Å²) in [6, 6.07) is 7.80. The Morgan fingerprint density at radius 1 is 1.22 bits per heavy atom. The van der Waals surface area contributed by atoms with Gasteiger partial charge in [-0.2, -0.15) is 0 Å². The van der Waals surface area contributed by atoms with Crippen LogP contribution in [0.4, 0.5) is 5.69 Å². The lowest BCUT2D eigenvalue weighted by atomic mass is 10.2. The maximum absolute atomic E-state index is 10.0. The average molecular weight is 456 g/mol. The van der Waals surface area contributed by atoms with Crippen molar-refractivity contribution >= 4 is 64.8 Å². The standard InChI is InChI=1S/C12H10Br3NOS/c13-7-4-8(14)12(9(15)5-7)16-6-10(17)11-2-1-3-18-11/h1-5,10,16-17H,6H2. The number of halogens is 3. The highest BCUT2D eigenvalue weighted by molar-refractivity contribution is 9.11. The molecule has 0 aliphatic carbocycles. The van der Waals surface area contributed by atoms with Gasteiger partial charge in [-0.15, -0.1) is 11.3 Å². The van der Waals surface area contributed by atoms with E-state index < -0.39 is 6.10 Å². The van der Waals surface area contributed by atoms with Crippen molar-refractivity contribution in [1.82, 2.24) is 0 Å². The molecule has 1 aromatic heterocycles. The molecular formula is C12H10Br3NOS. The lowest BCUT2D eigenvalue weighted by molar-refractivity contribution is 0.195. The molecular weight excluding hydrogens is 446 g/mol. The number of hydrogen-bond acceptors (Lipinski definition) is 3. The third kappa shape index (κ3) is 3.57. The molecule has 0 aliphatic rings. The zero-order valence-corrected chi connectivity index (χ0v) is 14.7. The first-order chi connectivity index (χ1) is 8.58. The number of aliphatic hydroxyl groups excluding tert-OH is 1. The van der Waals surface area contributed by atoms with Crippen LogP contribution in [0.25, 0.3) is 0 Å². The van der Waals surface area contributed by atoms with Gasteiger partial charge in [0.2, 0.25) is 0 Å². The normalized spacial score (nSPS) is 12.4. The molecule has 0 spiro atoms. The summed E-state index contributed by atoms with van der Waals surface area (Å²) in [6.45, 7) is 0.472. The van der Waals surface area contributed by atoms with E-state index in [1.54, 1.807) is 11.3 Å². The summed E-state index contributed by atoms with van der Waals surface area (Å²) in [5.74, 6) is 0. The fourth-order valence-corrected chi connectivity index (χ4v) is 4.74. The second-order valence-corrected chi connectivity index (χ2v) is 7.26. The van der Waals surface area contributed by atoms with E-state index in [-0.39, 0.29) is 0 Å². The van der Waals surface area contributed by atoms with Crippen LogP contribution in [-0.2, 0) is 0 Å². The minimum atomic E-state index is -0.493. The smallest absolute Gasteiger partial charge is 0.105 e. The Morgan fingerprint density at radius 3 is 2.44 bits per heavy atom. The van der Waals surface area contributed by atoms with Gasteiger partial charge in [-0.3, -0.25) is 0 Å². The first kappa shape index (κ1) is 14.5. The van der Waals surface area contributed by atoms with Gasteiger partial charge in [-0.05, 0) is 55.4 Å². The lowest BCUT2D eigenvalue weighted by Gasteiger charge is -2.14. The predicted molar refractivity (Wildman–Crippen MR) is 87.3 cm³/mol. The fourth-order valence-electron chi connectivity index (χ4n) is 1.49. The van der Waals surface area contributed by atoms with E-state index in [1.807, 2.05) is 29.6 Å². The summed E-state index contributed by atoms with van der Waals surface area (Å²) in [5, 5.41) is 15.2. The number of anilines is 1. The minimum absolute atomic E-state index is 0.472. The first-order valence-corrected chi connectivity index (χ1v) is 8.43. The van der Waals surface area contributed by atoms with Crippen LogP contribution in [0.3, 0.4) is 0 Å². The van der Waals surface area contributed by atoms with Gasteiger partial charge in [0.15, 0.2) is 0 Å². The molecule has 1 aromatic carbocycles. The number of thiophene rings is 1. The summed E-state index contributed by atoms with van der Waals surface area (Å²) in [5.41, 5.74) is 0.939. The molecule has 96 valence electrons. The van der Waals surface area contributed by atoms with Crippen LogP contribution < -0.4 is 5.32 Å². The first-order valence-electron chi connectivity index (χ1n) is 5.18. The van der Waals surface area contributed by atoms with Crippen molar-refractivity contribution < 1.29 is 5.11 Å². The Hall–Kier alpha value is 0.120. The van der Waals surface area contributed by atoms with E-state index in [9.17, 15) is 5.11 Å². The molecule has 2 rings (SSSR count). The van der Waals surface area contributed by atoms with Gasteiger partial charge >= 0.3 is 0 Å². The number of hydrogen-bond donors (Lipinski definition) is 2. The third-order valence-electron chi connectivity index (χ3n) is 2.35. The molecule has 1 atom stereocenters. The largest absolute Gasteiger partial charge is 0.386 e. The molecule has 0 saturated carbocycles. The van der Waals surface area contributed by atoms with Crippen molar-refractivity contribution in [3.63, 3.8) is 0 Å². The molecule has 0 radical (unpaired) electrons. The number of benzene rings is 1. The molecule has 1 heterocycles. The summed E-state index contributed by atoms with van der Waals surface area (Å²) in [7, 11) is 0. The molecule has 18 heavy (non-hydrogen) atoms. The van der Waals surface area contributed by atoms with Crippen LogP contribution in [0, 0.1) is 0 Å². The van der Waals surface area contributed by atoms with Gasteiger partial charge in [-0.25, -0.2) is 0 Å². The molecule has 0 fully saturated rings. The Kier molecular flexibility index (Phi) is 5.26. The van der Waals surface area contributed by atoms with E-state index >= 15 is 0 Å². The molecule has 0 aliphatic heterocycles. The maximum atomic E-state index is 10.0. The van der Waals surface area contributed by atoms with Crippen molar-refractivity contribution in [3.8, 4) is 0 Å². The number of aliphatic hydroxyl groups is 1. The molecule has 6 heteroatoms. The van der Waals surface area contributed by atoms with E-state index in [0.717, 1.165) is 24.0 Å². The zero-order chi connectivity index (χ0) is 13.1. The van der Waals surface area contributed by atoms with Crippen molar-refractivity contribution in [2.24, 2.45) is 0 Å². The second kappa shape index (κ2) is 6.52. The Morgan fingerprint density at radius 2 is 1.89 bits per heavy atom. The Bertz CT molecular complexity index is 507. The quantitative estimate of drug-likeness (QED) is 0.665. The SMILES string of the molecule is OC(CNc1c(Br)cc(Br)cc1Br)c1cccs1. The number of rotatable bonds is 4. The summed E-state index contributed by atoms with van der Waals surface area (Å²) < 4.78 is 2.88. The van der Waals surface area contributed by atoms with E-state index in [4.69, 9.17) is 0 Å². The minimum Gasteiger partial charge on any atom is -0.386 e. The van der Waals surface area contributed by atoms with Gasteiger partial charge in [0.1, 0.15) is 6.10 Å². The molecule has 2 aromatic rings. The maximum Gasteiger partial charge on any atom is 0.105 e. The van der Waals surface area contributed by atoms with Crippen LogP contribution in [0.2, 0.25) is 0 Å². The predicted octanol–water partition coefficient (Wildman–Crippen LogP) is 5.18. The molecule has 0 saturated heterocycles. The van der Waals surface area contributed by atoms with Crippen molar-refractivity contribution in [2.75, 3.05) is 11.9 Å². The van der Waals surface area contributed by atoms with Crippen molar-refractivity contribution in [2.45, 2.75) is 6.10 Å². The summed E-state index contributed by atoms with van der Waals surface area (Å²) in [6.07, 6.45) is -0.493. The van der Waals surface area contributed by atoms with Crippen molar-refractivity contribution in [3.05, 3.63) is 47.9 Å². The van der Waals surface area contributed by atoms with Crippen LogP contribution >= 0.6 is 59.1 Å². The number of nitrogens with one attached hydrogen (secondary N) is 1. The van der Waals surface area contributed by atoms with Gasteiger partial charge in [-0.1, -0.05) is 22.0 Å². The van der Waals surface area contributed by atoms with E-state index in [2.05, 4.69) is 53.1 Å². The van der Waals surface area contributed by atoms with Gasteiger partial charge in [0.25, 0.3) is 0 Å². The van der Waals surface area contributed by atoms with Crippen LogP contribution in [-0.4, -0.2) is 11.7 Å². The van der Waals surface area contributed by atoms with Gasteiger partial charge in [0.05, 0.1) is 5.69 Å².